The molecule has 0 bridgehead atoms. The molecule has 2 aliphatic rings. The van der Waals surface area contributed by atoms with Gasteiger partial charge < -0.3 is 19.6 Å². The molecule has 0 spiro atoms. The van der Waals surface area contributed by atoms with E-state index in [9.17, 15) is 5.11 Å². The van der Waals surface area contributed by atoms with Crippen molar-refractivity contribution in [2.24, 2.45) is 0 Å². The van der Waals surface area contributed by atoms with Crippen molar-refractivity contribution >= 4 is 0 Å². The fourth-order valence-corrected chi connectivity index (χ4v) is 4.05. The summed E-state index contributed by atoms with van der Waals surface area (Å²) in [5, 5.41) is 10.2. The monoisotopic (exact) mass is 376 g/mol. The van der Waals surface area contributed by atoms with E-state index >= 15 is 0 Å². The van der Waals surface area contributed by atoms with Gasteiger partial charge >= 0.3 is 0 Å². The summed E-state index contributed by atoms with van der Waals surface area (Å²) in [7, 11) is 4.07. The number of piperazine rings is 1. The van der Waals surface area contributed by atoms with Gasteiger partial charge in [-0.2, -0.15) is 0 Å². The van der Waals surface area contributed by atoms with Crippen molar-refractivity contribution in [2.45, 2.75) is 25.6 Å². The molecule has 0 aromatic heterocycles. The minimum absolute atomic E-state index is 0.229. The van der Waals surface area contributed by atoms with Crippen LogP contribution < -0.4 is 4.74 Å². The van der Waals surface area contributed by atoms with Crippen molar-refractivity contribution in [1.82, 2.24) is 19.6 Å². The second kappa shape index (κ2) is 9.85. The van der Waals surface area contributed by atoms with Crippen molar-refractivity contribution in [3.63, 3.8) is 0 Å². The SMILES string of the molecule is CCN1CCN(CCOc2ccc(CN3C[C@H](O)[C@@H](N(C)C)C3)cc2)CC1. The maximum atomic E-state index is 10.2. The zero-order valence-electron chi connectivity index (χ0n) is 17.2. The Labute approximate surface area is 164 Å². The fourth-order valence-electron chi connectivity index (χ4n) is 4.05. The molecule has 1 N–H and O–H groups in total. The van der Waals surface area contributed by atoms with Crippen LogP contribution in [0.4, 0.5) is 0 Å². The van der Waals surface area contributed by atoms with Crippen molar-refractivity contribution < 1.29 is 9.84 Å². The Morgan fingerprint density at radius 3 is 2.26 bits per heavy atom. The highest BCUT2D eigenvalue weighted by Crippen LogP contribution is 2.19. The number of ether oxygens (including phenoxy) is 1. The number of aliphatic hydroxyl groups excluding tert-OH is 1. The van der Waals surface area contributed by atoms with Crippen molar-refractivity contribution in [2.75, 3.05) is 73.1 Å². The van der Waals surface area contributed by atoms with Crippen molar-refractivity contribution in [1.29, 1.82) is 0 Å². The first kappa shape index (κ1) is 20.6. The first-order valence-corrected chi connectivity index (χ1v) is 10.3. The molecule has 3 rings (SSSR count). The molecular weight excluding hydrogens is 340 g/mol. The van der Waals surface area contributed by atoms with Crippen LogP contribution >= 0.6 is 0 Å². The van der Waals surface area contributed by atoms with Crippen molar-refractivity contribution in [3.8, 4) is 5.75 Å². The molecule has 152 valence electrons. The van der Waals surface area contributed by atoms with Gasteiger partial charge in [0.05, 0.1) is 6.10 Å². The average Bonchev–Trinajstić information content (AvgIpc) is 3.04. The predicted octanol–water partition coefficient (Wildman–Crippen LogP) is 0.810. The van der Waals surface area contributed by atoms with Gasteiger partial charge in [-0.15, -0.1) is 0 Å². The molecule has 6 nitrogen and oxygen atoms in total. The molecule has 6 heteroatoms. The van der Waals surface area contributed by atoms with Gasteiger partial charge in [0.1, 0.15) is 12.4 Å². The Morgan fingerprint density at radius 1 is 1.00 bits per heavy atom. The molecule has 2 saturated heterocycles. The standard InChI is InChI=1S/C21H36N4O2/c1-4-23-9-11-24(12-10-23)13-14-27-19-7-5-18(6-8-19)15-25-16-20(22(2)3)21(26)17-25/h5-8,20-21,26H,4,9-17H2,1-3H3/t20-,21-/m0/s1. The Hall–Kier alpha value is -1.18. The molecule has 0 amide bonds. The summed E-state index contributed by atoms with van der Waals surface area (Å²) in [5.41, 5.74) is 1.27. The van der Waals surface area contributed by atoms with Gasteiger partial charge in [-0.1, -0.05) is 19.1 Å². The van der Waals surface area contributed by atoms with E-state index in [2.05, 4.69) is 50.8 Å². The number of likely N-dealkylation sites (tertiary alicyclic amines) is 1. The third kappa shape index (κ3) is 5.90. The van der Waals surface area contributed by atoms with Gasteiger partial charge in [-0.3, -0.25) is 9.80 Å². The van der Waals surface area contributed by atoms with Crippen LogP contribution in [0.15, 0.2) is 24.3 Å². The number of benzene rings is 1. The largest absolute Gasteiger partial charge is 0.492 e. The summed E-state index contributed by atoms with van der Waals surface area (Å²) in [6, 6.07) is 8.66. The molecule has 0 radical (unpaired) electrons. The van der Waals surface area contributed by atoms with E-state index in [0.29, 0.717) is 0 Å². The molecule has 2 atom stereocenters. The van der Waals surface area contributed by atoms with E-state index < -0.39 is 0 Å². The molecule has 2 heterocycles. The smallest absolute Gasteiger partial charge is 0.119 e. The molecule has 27 heavy (non-hydrogen) atoms. The summed E-state index contributed by atoms with van der Waals surface area (Å²) in [5.74, 6) is 0.943. The first-order valence-electron chi connectivity index (χ1n) is 10.3. The number of nitrogens with zero attached hydrogens (tertiary/aromatic N) is 4. The average molecular weight is 377 g/mol. The molecule has 1 aromatic carbocycles. The third-order valence-corrected chi connectivity index (χ3v) is 5.92. The molecule has 0 aliphatic carbocycles. The third-order valence-electron chi connectivity index (χ3n) is 5.92. The lowest BCUT2D eigenvalue weighted by atomic mass is 10.2. The lowest BCUT2D eigenvalue weighted by Crippen LogP contribution is -2.47. The van der Waals surface area contributed by atoms with Crippen LogP contribution in [0.25, 0.3) is 0 Å². The van der Waals surface area contributed by atoms with Crippen LogP contribution in [-0.2, 0) is 6.54 Å². The zero-order chi connectivity index (χ0) is 19.2. The van der Waals surface area contributed by atoms with E-state index in [1.165, 1.54) is 18.7 Å². The lowest BCUT2D eigenvalue weighted by molar-refractivity contribution is 0.112. The number of aliphatic hydroxyl groups is 1. The fraction of sp³-hybridized carbons (Fsp3) is 0.714. The van der Waals surface area contributed by atoms with Gasteiger partial charge in [-0.25, -0.2) is 0 Å². The summed E-state index contributed by atoms with van der Waals surface area (Å²) >= 11 is 0. The lowest BCUT2D eigenvalue weighted by Gasteiger charge is -2.33. The van der Waals surface area contributed by atoms with E-state index in [4.69, 9.17) is 4.74 Å². The highest BCUT2D eigenvalue weighted by Gasteiger charge is 2.32. The van der Waals surface area contributed by atoms with E-state index in [1.807, 2.05) is 14.1 Å². The number of hydrogen-bond acceptors (Lipinski definition) is 6. The van der Waals surface area contributed by atoms with Crippen molar-refractivity contribution in [3.05, 3.63) is 29.8 Å². The van der Waals surface area contributed by atoms with Gasteiger partial charge in [-0.05, 0) is 38.3 Å². The number of β-amino-alcohol motifs (C(OH)–C–C–N with tert-alkyl or cyclic N) is 1. The summed E-state index contributed by atoms with van der Waals surface area (Å²) in [6.07, 6.45) is -0.262. The van der Waals surface area contributed by atoms with Gasteiger partial charge in [0.25, 0.3) is 0 Å². The Morgan fingerprint density at radius 2 is 1.67 bits per heavy atom. The quantitative estimate of drug-likeness (QED) is 0.724. The molecule has 2 fully saturated rings. The highest BCUT2D eigenvalue weighted by atomic mass is 16.5. The van der Waals surface area contributed by atoms with E-state index in [1.54, 1.807) is 0 Å². The normalized spacial score (nSPS) is 25.4. The van der Waals surface area contributed by atoms with Crippen LogP contribution in [0.2, 0.25) is 0 Å². The minimum atomic E-state index is -0.262. The van der Waals surface area contributed by atoms with Crippen LogP contribution in [0.3, 0.4) is 0 Å². The number of hydrogen-bond donors (Lipinski definition) is 1. The maximum absolute atomic E-state index is 10.2. The molecule has 2 aliphatic heterocycles. The number of likely N-dealkylation sites (N-methyl/N-ethyl adjacent to an activating group) is 2. The number of rotatable bonds is 8. The van der Waals surface area contributed by atoms with E-state index in [-0.39, 0.29) is 12.1 Å². The predicted molar refractivity (Wildman–Crippen MR) is 109 cm³/mol. The topological polar surface area (TPSA) is 42.4 Å². The molecule has 0 saturated carbocycles. The minimum Gasteiger partial charge on any atom is -0.492 e. The second-order valence-corrected chi connectivity index (χ2v) is 8.06. The van der Waals surface area contributed by atoms with Crippen LogP contribution in [0.1, 0.15) is 12.5 Å². The first-order chi connectivity index (χ1) is 13.0. The molecule has 0 unspecified atom stereocenters. The summed E-state index contributed by atoms with van der Waals surface area (Å²) in [6.45, 7) is 12.3. The van der Waals surface area contributed by atoms with E-state index in [0.717, 1.165) is 58.2 Å². The second-order valence-electron chi connectivity index (χ2n) is 8.06. The van der Waals surface area contributed by atoms with Gasteiger partial charge in [0.2, 0.25) is 0 Å². The summed E-state index contributed by atoms with van der Waals surface area (Å²) in [4.78, 5) is 9.42. The highest BCUT2D eigenvalue weighted by molar-refractivity contribution is 5.27. The summed E-state index contributed by atoms with van der Waals surface area (Å²) < 4.78 is 5.94. The Kier molecular flexibility index (Phi) is 7.49. The van der Waals surface area contributed by atoms with Crippen LogP contribution in [0.5, 0.6) is 5.75 Å². The zero-order valence-corrected chi connectivity index (χ0v) is 17.2. The molecular formula is C21H36N4O2. The van der Waals surface area contributed by atoms with Gasteiger partial charge in [0.15, 0.2) is 0 Å². The Bertz CT molecular complexity index is 558. The van der Waals surface area contributed by atoms with Crippen LogP contribution in [0, 0.1) is 0 Å². The molecule has 1 aromatic rings. The Balaban J connectivity index is 1.38. The maximum Gasteiger partial charge on any atom is 0.119 e. The van der Waals surface area contributed by atoms with Gasteiger partial charge in [0, 0.05) is 58.4 Å². The van der Waals surface area contributed by atoms with Crippen LogP contribution in [-0.4, -0.2) is 110 Å².